The van der Waals surface area contributed by atoms with Gasteiger partial charge in [-0.2, -0.15) is 0 Å². The van der Waals surface area contributed by atoms with Crippen molar-refractivity contribution in [3.8, 4) is 11.5 Å². The van der Waals surface area contributed by atoms with Gasteiger partial charge in [-0.3, -0.25) is 4.79 Å². The summed E-state index contributed by atoms with van der Waals surface area (Å²) >= 11 is 1.27. The van der Waals surface area contributed by atoms with Crippen molar-refractivity contribution in [1.82, 2.24) is 10.2 Å². The Morgan fingerprint density at radius 2 is 2.21 bits per heavy atom. The Bertz CT molecular complexity index is 557. The number of carbonyl (C=O) groups is 1. The van der Waals surface area contributed by atoms with Crippen molar-refractivity contribution in [3.05, 3.63) is 29.3 Å². The lowest BCUT2D eigenvalue weighted by atomic mass is 10.1. The van der Waals surface area contributed by atoms with Gasteiger partial charge in [0.2, 0.25) is 11.0 Å². The fraction of sp³-hybridized carbons (Fsp3) is 0.250. The fourth-order valence-electron chi connectivity index (χ4n) is 1.56. The first kappa shape index (κ1) is 13.3. The van der Waals surface area contributed by atoms with Gasteiger partial charge in [0, 0.05) is 11.6 Å². The van der Waals surface area contributed by atoms with Crippen molar-refractivity contribution < 1.29 is 14.3 Å². The number of amides is 1. The van der Waals surface area contributed by atoms with Crippen molar-refractivity contribution in [3.63, 3.8) is 0 Å². The van der Waals surface area contributed by atoms with Crippen molar-refractivity contribution >= 4 is 22.4 Å². The molecule has 0 bridgehead atoms. The van der Waals surface area contributed by atoms with Gasteiger partial charge in [0.1, 0.15) is 17.0 Å². The number of anilines is 1. The molecule has 0 aliphatic rings. The van der Waals surface area contributed by atoms with Crippen LogP contribution in [0.1, 0.15) is 5.56 Å². The summed E-state index contributed by atoms with van der Waals surface area (Å²) in [5.74, 6) is 1.14. The van der Waals surface area contributed by atoms with Crippen LogP contribution in [0.5, 0.6) is 11.5 Å². The second kappa shape index (κ2) is 6.14. The predicted molar refractivity (Wildman–Crippen MR) is 71.8 cm³/mol. The molecule has 19 heavy (non-hydrogen) atoms. The number of methoxy groups -OCH3 is 2. The van der Waals surface area contributed by atoms with E-state index in [0.717, 1.165) is 5.56 Å². The highest BCUT2D eigenvalue weighted by atomic mass is 32.1. The molecule has 1 aromatic heterocycles. The number of ether oxygens (including phenoxy) is 2. The summed E-state index contributed by atoms with van der Waals surface area (Å²) in [7, 11) is 3.14. The van der Waals surface area contributed by atoms with Gasteiger partial charge in [0.15, 0.2) is 0 Å². The summed E-state index contributed by atoms with van der Waals surface area (Å²) in [6.07, 6.45) is 0.201. The van der Waals surface area contributed by atoms with Crippen LogP contribution < -0.4 is 14.8 Å². The number of nitrogens with one attached hydrogen (secondary N) is 1. The van der Waals surface area contributed by atoms with Crippen LogP contribution >= 0.6 is 11.3 Å². The molecule has 0 atom stereocenters. The van der Waals surface area contributed by atoms with Gasteiger partial charge in [0.25, 0.3) is 0 Å². The zero-order valence-corrected chi connectivity index (χ0v) is 11.4. The molecule has 1 heterocycles. The standard InChI is InChI=1S/C12H13N3O3S/c1-17-9-4-3-8(10(6-9)18-2)5-11(16)14-12-15-13-7-19-12/h3-4,6-7H,5H2,1-2H3,(H,14,15,16). The van der Waals surface area contributed by atoms with Crippen molar-refractivity contribution in [2.24, 2.45) is 0 Å². The lowest BCUT2D eigenvalue weighted by Crippen LogP contribution is -2.14. The van der Waals surface area contributed by atoms with E-state index in [0.29, 0.717) is 16.6 Å². The molecule has 0 unspecified atom stereocenters. The van der Waals surface area contributed by atoms with E-state index in [4.69, 9.17) is 9.47 Å². The van der Waals surface area contributed by atoms with Gasteiger partial charge >= 0.3 is 0 Å². The summed E-state index contributed by atoms with van der Waals surface area (Å²) in [6.45, 7) is 0. The number of hydrogen-bond acceptors (Lipinski definition) is 6. The average Bonchev–Trinajstić information content (AvgIpc) is 2.91. The largest absolute Gasteiger partial charge is 0.497 e. The van der Waals surface area contributed by atoms with Crippen LogP contribution in [0.25, 0.3) is 0 Å². The topological polar surface area (TPSA) is 73.3 Å². The van der Waals surface area contributed by atoms with E-state index in [9.17, 15) is 4.79 Å². The van der Waals surface area contributed by atoms with Gasteiger partial charge in [0.05, 0.1) is 20.6 Å². The zero-order valence-electron chi connectivity index (χ0n) is 10.5. The molecule has 0 radical (unpaired) electrons. The summed E-state index contributed by atoms with van der Waals surface area (Å²) in [5, 5.41) is 10.6. The molecule has 100 valence electrons. The molecular weight excluding hydrogens is 266 g/mol. The highest BCUT2D eigenvalue weighted by molar-refractivity contribution is 7.13. The van der Waals surface area contributed by atoms with Crippen LogP contribution in [0.4, 0.5) is 5.13 Å². The van der Waals surface area contributed by atoms with Crippen LogP contribution in [0.2, 0.25) is 0 Å². The summed E-state index contributed by atoms with van der Waals surface area (Å²) in [4.78, 5) is 11.8. The Morgan fingerprint density at radius 1 is 1.37 bits per heavy atom. The number of nitrogens with zero attached hydrogens (tertiary/aromatic N) is 2. The maximum Gasteiger partial charge on any atom is 0.230 e. The van der Waals surface area contributed by atoms with Crippen molar-refractivity contribution in [2.75, 3.05) is 19.5 Å². The van der Waals surface area contributed by atoms with E-state index in [-0.39, 0.29) is 12.3 Å². The summed E-state index contributed by atoms with van der Waals surface area (Å²) in [5.41, 5.74) is 2.34. The van der Waals surface area contributed by atoms with Crippen LogP contribution in [0.3, 0.4) is 0 Å². The molecule has 0 saturated carbocycles. The van der Waals surface area contributed by atoms with E-state index in [2.05, 4.69) is 15.5 Å². The molecule has 2 rings (SSSR count). The Labute approximate surface area is 114 Å². The smallest absolute Gasteiger partial charge is 0.230 e. The van der Waals surface area contributed by atoms with E-state index < -0.39 is 0 Å². The molecule has 0 aliphatic carbocycles. The van der Waals surface area contributed by atoms with Gasteiger partial charge in [-0.25, -0.2) is 0 Å². The summed E-state index contributed by atoms with van der Waals surface area (Å²) in [6, 6.07) is 5.33. The minimum atomic E-state index is -0.166. The van der Waals surface area contributed by atoms with Crippen LogP contribution in [-0.4, -0.2) is 30.3 Å². The van der Waals surface area contributed by atoms with Crippen molar-refractivity contribution in [2.45, 2.75) is 6.42 Å². The van der Waals surface area contributed by atoms with Gasteiger partial charge in [-0.1, -0.05) is 17.4 Å². The molecule has 6 nitrogen and oxygen atoms in total. The molecule has 1 aromatic carbocycles. The zero-order chi connectivity index (χ0) is 13.7. The third-order valence-corrected chi connectivity index (χ3v) is 3.06. The molecule has 7 heteroatoms. The first-order valence-electron chi connectivity index (χ1n) is 5.50. The fourth-order valence-corrected chi connectivity index (χ4v) is 2.02. The van der Waals surface area contributed by atoms with Crippen LogP contribution in [0.15, 0.2) is 23.7 Å². The van der Waals surface area contributed by atoms with Gasteiger partial charge in [-0.05, 0) is 6.07 Å². The van der Waals surface area contributed by atoms with E-state index >= 15 is 0 Å². The highest BCUT2D eigenvalue weighted by Crippen LogP contribution is 2.25. The number of rotatable bonds is 5. The minimum absolute atomic E-state index is 0.166. The van der Waals surface area contributed by atoms with E-state index in [1.54, 1.807) is 37.9 Å². The third kappa shape index (κ3) is 3.41. The molecule has 1 amide bonds. The number of carbonyl (C=O) groups excluding carboxylic acids is 1. The lowest BCUT2D eigenvalue weighted by molar-refractivity contribution is -0.115. The predicted octanol–water partition coefficient (Wildman–Crippen LogP) is 1.74. The Hall–Kier alpha value is -2.15. The second-order valence-electron chi connectivity index (χ2n) is 3.65. The highest BCUT2D eigenvalue weighted by Gasteiger charge is 2.11. The average molecular weight is 279 g/mol. The van der Waals surface area contributed by atoms with E-state index in [1.807, 2.05) is 0 Å². The minimum Gasteiger partial charge on any atom is -0.497 e. The lowest BCUT2D eigenvalue weighted by Gasteiger charge is -2.09. The van der Waals surface area contributed by atoms with Crippen molar-refractivity contribution in [1.29, 1.82) is 0 Å². The molecule has 1 N–H and O–H groups in total. The number of benzene rings is 1. The third-order valence-electron chi connectivity index (χ3n) is 2.45. The maximum atomic E-state index is 11.8. The Kier molecular flexibility index (Phi) is 4.30. The monoisotopic (exact) mass is 279 g/mol. The number of hydrogen-bond donors (Lipinski definition) is 1. The second-order valence-corrected chi connectivity index (χ2v) is 4.48. The Morgan fingerprint density at radius 3 is 2.84 bits per heavy atom. The molecule has 0 saturated heterocycles. The molecular formula is C12H13N3O3S. The van der Waals surface area contributed by atoms with Gasteiger partial charge < -0.3 is 14.8 Å². The number of aromatic nitrogens is 2. The quantitative estimate of drug-likeness (QED) is 0.902. The maximum absolute atomic E-state index is 11.8. The molecule has 0 aliphatic heterocycles. The first-order valence-corrected chi connectivity index (χ1v) is 6.38. The Balaban J connectivity index is 2.07. The first-order chi connectivity index (χ1) is 9.22. The van der Waals surface area contributed by atoms with E-state index in [1.165, 1.54) is 11.3 Å². The molecule has 0 fully saturated rings. The molecule has 2 aromatic rings. The molecule has 0 spiro atoms. The van der Waals surface area contributed by atoms with Gasteiger partial charge in [-0.15, -0.1) is 10.2 Å². The SMILES string of the molecule is COc1ccc(CC(=O)Nc2nncs2)c(OC)c1. The normalized spacial score (nSPS) is 10.0. The van der Waals surface area contributed by atoms with Crippen LogP contribution in [-0.2, 0) is 11.2 Å². The summed E-state index contributed by atoms with van der Waals surface area (Å²) < 4.78 is 10.3. The van der Waals surface area contributed by atoms with Crippen LogP contribution in [0, 0.1) is 0 Å².